The summed E-state index contributed by atoms with van der Waals surface area (Å²) in [6.07, 6.45) is -7.13. The van der Waals surface area contributed by atoms with E-state index in [1.165, 1.54) is 0 Å². The first kappa shape index (κ1) is 19.2. The van der Waals surface area contributed by atoms with Crippen molar-refractivity contribution in [3.05, 3.63) is 35.1 Å². The predicted molar refractivity (Wildman–Crippen MR) is 61.2 cm³/mol. The van der Waals surface area contributed by atoms with Crippen LogP contribution in [0, 0.1) is 17.5 Å². The molecule has 0 spiro atoms. The molecule has 130 valence electrons. The third-order valence-corrected chi connectivity index (χ3v) is 4.72. The molecule has 12 heteroatoms. The fraction of sp³-hybridized carbons (Fsp3) is 0.364. The number of alkyl halides is 4. The Kier molecular flexibility index (Phi) is 4.99. The molecule has 1 unspecified atom stereocenters. The van der Waals surface area contributed by atoms with Gasteiger partial charge in [0, 0.05) is 5.56 Å². The molecule has 0 aliphatic carbocycles. The van der Waals surface area contributed by atoms with E-state index in [9.17, 15) is 43.9 Å². The lowest BCUT2D eigenvalue weighted by Gasteiger charge is -2.22. The van der Waals surface area contributed by atoms with Gasteiger partial charge in [0.05, 0.1) is 12.2 Å². The largest absolute Gasteiger partial charge is 0.478 e. The van der Waals surface area contributed by atoms with Crippen LogP contribution in [0.2, 0.25) is 0 Å². The summed E-state index contributed by atoms with van der Waals surface area (Å²) in [4.78, 5) is 10.9. The van der Waals surface area contributed by atoms with Gasteiger partial charge in [-0.15, -0.1) is 0 Å². The Morgan fingerprint density at radius 1 is 1.04 bits per heavy atom. The van der Waals surface area contributed by atoms with Gasteiger partial charge in [-0.25, -0.2) is 30.8 Å². The number of carbonyl (C=O) groups is 1. The maximum Gasteiger partial charge on any atom is 0.390 e. The van der Waals surface area contributed by atoms with Crippen molar-refractivity contribution in [1.29, 1.82) is 0 Å². The Labute approximate surface area is 124 Å². The lowest BCUT2D eigenvalue weighted by atomic mass is 10.1. The third kappa shape index (κ3) is 3.74. The van der Waals surface area contributed by atoms with E-state index in [-0.39, 0.29) is 12.1 Å². The molecule has 1 atom stereocenters. The molecule has 4 nitrogen and oxygen atoms in total. The number of carboxylic acid groups (broad SMARTS) is 1. The summed E-state index contributed by atoms with van der Waals surface area (Å²) < 4.78 is 113. The maximum atomic E-state index is 14.5. The predicted octanol–water partition coefficient (Wildman–Crippen LogP) is 2.68. The monoisotopic (exact) mass is 368 g/mol. The third-order valence-electron chi connectivity index (χ3n) is 2.71. The Morgan fingerprint density at radius 2 is 1.48 bits per heavy atom. The van der Waals surface area contributed by atoms with Gasteiger partial charge in [-0.3, -0.25) is 0 Å². The molecule has 0 aliphatic rings. The molecule has 0 amide bonds. The molecule has 0 saturated heterocycles. The summed E-state index contributed by atoms with van der Waals surface area (Å²) in [7, 11) is -5.70. The lowest BCUT2D eigenvalue weighted by molar-refractivity contribution is -0.146. The summed E-state index contributed by atoms with van der Waals surface area (Å²) in [5.74, 6) is -11.1. The van der Waals surface area contributed by atoms with Crippen LogP contribution in [0.4, 0.5) is 30.7 Å². The molecule has 0 bridgehead atoms. The van der Waals surface area contributed by atoms with Gasteiger partial charge in [0.15, 0.2) is 17.5 Å². The lowest BCUT2D eigenvalue weighted by Crippen LogP contribution is -2.42. The second kappa shape index (κ2) is 5.98. The van der Waals surface area contributed by atoms with Crippen molar-refractivity contribution in [3.63, 3.8) is 0 Å². The zero-order chi connectivity index (χ0) is 18.2. The van der Waals surface area contributed by atoms with Crippen molar-refractivity contribution in [2.75, 3.05) is 5.75 Å². The van der Waals surface area contributed by atoms with E-state index >= 15 is 0 Å². The molecule has 0 aromatic heterocycles. The Morgan fingerprint density at radius 3 is 1.83 bits per heavy atom. The zero-order valence-corrected chi connectivity index (χ0v) is 11.6. The van der Waals surface area contributed by atoms with Gasteiger partial charge in [0.2, 0.25) is 9.84 Å². The smallest absolute Gasteiger partial charge is 0.390 e. The fourth-order valence-corrected chi connectivity index (χ4v) is 3.09. The average Bonchev–Trinajstić information content (AvgIpc) is 2.40. The molecule has 0 heterocycles. The highest BCUT2D eigenvalue weighted by atomic mass is 32.2. The number of halogens is 7. The van der Waals surface area contributed by atoms with E-state index in [1.54, 1.807) is 0 Å². The standard InChI is InChI=1S/C11H7F7O4S/c12-6-3-5(4-7(13)8(6)14)11(18,9(19)20)23(21,22)2-1-10(15,16)17/h3-4H,1-2H2,(H,19,20). The number of hydrogen-bond donors (Lipinski definition) is 1. The number of sulfone groups is 1. The van der Waals surface area contributed by atoms with Crippen molar-refractivity contribution in [3.8, 4) is 0 Å². The van der Waals surface area contributed by atoms with E-state index in [2.05, 4.69) is 0 Å². The van der Waals surface area contributed by atoms with Gasteiger partial charge >= 0.3 is 17.1 Å². The fourth-order valence-electron chi connectivity index (χ4n) is 1.57. The van der Waals surface area contributed by atoms with Crippen LogP contribution in [-0.4, -0.2) is 31.4 Å². The summed E-state index contributed by atoms with van der Waals surface area (Å²) in [5.41, 5.74) is -1.69. The number of benzene rings is 1. The van der Waals surface area contributed by atoms with E-state index in [0.717, 1.165) is 0 Å². The molecular weight excluding hydrogens is 361 g/mol. The second-order valence-electron chi connectivity index (χ2n) is 4.34. The topological polar surface area (TPSA) is 71.4 Å². The molecular formula is C11H7F7O4S. The molecule has 0 aliphatic heterocycles. The van der Waals surface area contributed by atoms with Crippen LogP contribution in [-0.2, 0) is 19.6 Å². The van der Waals surface area contributed by atoms with Gasteiger partial charge in [-0.2, -0.15) is 13.2 Å². The SMILES string of the molecule is O=C(O)C(F)(c1cc(F)c(F)c(F)c1)S(=O)(=O)CCC(F)(F)F. The van der Waals surface area contributed by atoms with Gasteiger partial charge in [-0.1, -0.05) is 0 Å². The summed E-state index contributed by atoms with van der Waals surface area (Å²) in [6, 6.07) is -0.505. The first-order chi connectivity index (χ1) is 10.2. The van der Waals surface area contributed by atoms with E-state index < -0.39 is 62.2 Å². The Balaban J connectivity index is 3.47. The summed E-state index contributed by atoms with van der Waals surface area (Å²) >= 11 is 0. The minimum absolute atomic E-state index is 0.252. The van der Waals surface area contributed by atoms with Crippen LogP contribution in [0.1, 0.15) is 12.0 Å². The van der Waals surface area contributed by atoms with Crippen LogP contribution in [0.25, 0.3) is 0 Å². The van der Waals surface area contributed by atoms with Gasteiger partial charge in [0.1, 0.15) is 0 Å². The number of hydrogen-bond acceptors (Lipinski definition) is 3. The van der Waals surface area contributed by atoms with Crippen molar-refractivity contribution in [1.82, 2.24) is 0 Å². The van der Waals surface area contributed by atoms with Crippen molar-refractivity contribution >= 4 is 15.8 Å². The molecule has 1 aromatic carbocycles. The van der Waals surface area contributed by atoms with Gasteiger partial charge < -0.3 is 5.11 Å². The number of rotatable bonds is 5. The maximum absolute atomic E-state index is 14.5. The van der Waals surface area contributed by atoms with Crippen LogP contribution < -0.4 is 0 Å². The highest BCUT2D eigenvalue weighted by Gasteiger charge is 2.55. The molecule has 23 heavy (non-hydrogen) atoms. The van der Waals surface area contributed by atoms with E-state index in [4.69, 9.17) is 5.11 Å². The molecule has 1 rings (SSSR count). The molecule has 1 N–H and O–H groups in total. The first-order valence-electron chi connectivity index (χ1n) is 5.58. The van der Waals surface area contributed by atoms with Crippen LogP contribution in [0.3, 0.4) is 0 Å². The van der Waals surface area contributed by atoms with Crippen molar-refractivity contribution in [2.45, 2.75) is 17.6 Å². The van der Waals surface area contributed by atoms with E-state index in [1.807, 2.05) is 0 Å². The quantitative estimate of drug-likeness (QED) is 0.641. The van der Waals surface area contributed by atoms with Crippen molar-refractivity contribution < 1.29 is 49.1 Å². The Hall–Kier alpha value is -1.85. The normalized spacial score (nSPS) is 15.3. The Bertz CT molecular complexity index is 705. The molecule has 0 saturated carbocycles. The minimum Gasteiger partial charge on any atom is -0.478 e. The molecule has 0 radical (unpaired) electrons. The summed E-state index contributed by atoms with van der Waals surface area (Å²) in [6.45, 7) is 0. The highest BCUT2D eigenvalue weighted by molar-refractivity contribution is 7.92. The average molecular weight is 368 g/mol. The van der Waals surface area contributed by atoms with Crippen LogP contribution in [0.5, 0.6) is 0 Å². The number of aliphatic carboxylic acids is 1. The van der Waals surface area contributed by atoms with Crippen molar-refractivity contribution in [2.24, 2.45) is 0 Å². The van der Waals surface area contributed by atoms with Crippen LogP contribution in [0.15, 0.2) is 12.1 Å². The summed E-state index contributed by atoms with van der Waals surface area (Å²) in [5, 5.41) is 4.15. The minimum atomic E-state index is -5.70. The first-order valence-corrected chi connectivity index (χ1v) is 7.24. The highest BCUT2D eigenvalue weighted by Crippen LogP contribution is 2.36. The van der Waals surface area contributed by atoms with Crippen LogP contribution >= 0.6 is 0 Å². The zero-order valence-electron chi connectivity index (χ0n) is 10.8. The number of carboxylic acids is 1. The second-order valence-corrected chi connectivity index (χ2v) is 6.54. The van der Waals surface area contributed by atoms with Gasteiger partial charge in [-0.05, 0) is 12.1 Å². The molecule has 1 aromatic rings. The molecule has 0 fully saturated rings. The van der Waals surface area contributed by atoms with Gasteiger partial charge in [0.25, 0.3) is 0 Å². The van der Waals surface area contributed by atoms with E-state index in [0.29, 0.717) is 0 Å².